The highest BCUT2D eigenvalue weighted by Gasteiger charge is 2.32. The Hall–Kier alpha value is -0.290. The lowest BCUT2D eigenvalue weighted by atomic mass is 9.72. The lowest BCUT2D eigenvalue weighted by Crippen LogP contribution is -2.42. The predicted molar refractivity (Wildman–Crippen MR) is 74.6 cm³/mol. The van der Waals surface area contributed by atoms with Crippen LogP contribution in [0.1, 0.15) is 46.5 Å². The zero-order valence-electron chi connectivity index (χ0n) is 12.8. The standard InChI is InChI=1S/C15H28F3NO/c1-4-19-14-6-5-12(11(2)3)9-13(14)7-8-20-10-15(16,17)18/h11-14,19H,4-10H2,1-3H3. The lowest BCUT2D eigenvalue weighted by Gasteiger charge is -2.38. The van der Waals surface area contributed by atoms with Gasteiger partial charge in [-0.05, 0) is 50.0 Å². The Labute approximate surface area is 120 Å². The van der Waals surface area contributed by atoms with Crippen molar-refractivity contribution in [1.29, 1.82) is 0 Å². The topological polar surface area (TPSA) is 21.3 Å². The van der Waals surface area contributed by atoms with Gasteiger partial charge in [0.2, 0.25) is 0 Å². The third-order valence-electron chi connectivity index (χ3n) is 4.33. The van der Waals surface area contributed by atoms with Crippen LogP contribution in [0.4, 0.5) is 13.2 Å². The van der Waals surface area contributed by atoms with Gasteiger partial charge in [0.15, 0.2) is 0 Å². The van der Waals surface area contributed by atoms with E-state index in [2.05, 4.69) is 26.1 Å². The van der Waals surface area contributed by atoms with E-state index in [0.29, 0.717) is 23.8 Å². The fourth-order valence-corrected chi connectivity index (χ4v) is 3.18. The summed E-state index contributed by atoms with van der Waals surface area (Å²) in [4.78, 5) is 0. The molecule has 0 aromatic carbocycles. The van der Waals surface area contributed by atoms with Crippen molar-refractivity contribution in [2.75, 3.05) is 19.8 Å². The van der Waals surface area contributed by atoms with E-state index < -0.39 is 12.8 Å². The van der Waals surface area contributed by atoms with Gasteiger partial charge in [-0.1, -0.05) is 20.8 Å². The number of hydrogen-bond acceptors (Lipinski definition) is 2. The fourth-order valence-electron chi connectivity index (χ4n) is 3.18. The van der Waals surface area contributed by atoms with Gasteiger partial charge in [-0.15, -0.1) is 0 Å². The monoisotopic (exact) mass is 295 g/mol. The Morgan fingerprint density at radius 2 is 1.95 bits per heavy atom. The molecule has 20 heavy (non-hydrogen) atoms. The Balaban J connectivity index is 2.39. The third-order valence-corrected chi connectivity index (χ3v) is 4.33. The molecule has 1 aliphatic carbocycles. The van der Waals surface area contributed by atoms with Crippen LogP contribution in [-0.4, -0.2) is 32.0 Å². The summed E-state index contributed by atoms with van der Waals surface area (Å²) >= 11 is 0. The SMILES string of the molecule is CCNC1CCC(C(C)C)CC1CCOCC(F)(F)F. The molecule has 0 heterocycles. The van der Waals surface area contributed by atoms with E-state index in [1.54, 1.807) is 0 Å². The average molecular weight is 295 g/mol. The van der Waals surface area contributed by atoms with E-state index >= 15 is 0 Å². The molecule has 1 rings (SSSR count). The summed E-state index contributed by atoms with van der Waals surface area (Å²) in [7, 11) is 0. The Morgan fingerprint density at radius 1 is 1.25 bits per heavy atom. The van der Waals surface area contributed by atoms with Crippen molar-refractivity contribution in [3.8, 4) is 0 Å². The van der Waals surface area contributed by atoms with Crippen LogP contribution in [0.5, 0.6) is 0 Å². The summed E-state index contributed by atoms with van der Waals surface area (Å²) in [5.74, 6) is 1.78. The van der Waals surface area contributed by atoms with Crippen LogP contribution in [0.25, 0.3) is 0 Å². The largest absolute Gasteiger partial charge is 0.411 e. The molecule has 1 fully saturated rings. The van der Waals surface area contributed by atoms with Gasteiger partial charge in [0.05, 0.1) is 0 Å². The molecule has 0 spiro atoms. The minimum absolute atomic E-state index is 0.205. The van der Waals surface area contributed by atoms with Crippen molar-refractivity contribution in [3.63, 3.8) is 0 Å². The van der Waals surface area contributed by atoms with Crippen LogP contribution in [-0.2, 0) is 4.74 Å². The highest BCUT2D eigenvalue weighted by Crippen LogP contribution is 2.35. The highest BCUT2D eigenvalue weighted by molar-refractivity contribution is 4.85. The van der Waals surface area contributed by atoms with E-state index in [1.165, 1.54) is 6.42 Å². The molecule has 1 saturated carbocycles. The van der Waals surface area contributed by atoms with Crippen LogP contribution < -0.4 is 5.32 Å². The number of ether oxygens (including phenoxy) is 1. The normalized spacial score (nSPS) is 28.1. The van der Waals surface area contributed by atoms with Gasteiger partial charge in [0.25, 0.3) is 0 Å². The molecule has 3 unspecified atom stereocenters. The van der Waals surface area contributed by atoms with Gasteiger partial charge < -0.3 is 10.1 Å². The summed E-state index contributed by atoms with van der Waals surface area (Å²) in [6.07, 6.45) is -0.0500. The molecule has 0 amide bonds. The number of alkyl halides is 3. The summed E-state index contributed by atoms with van der Waals surface area (Å²) in [5.41, 5.74) is 0. The Morgan fingerprint density at radius 3 is 2.50 bits per heavy atom. The zero-order valence-corrected chi connectivity index (χ0v) is 12.8. The van der Waals surface area contributed by atoms with Crippen LogP contribution >= 0.6 is 0 Å². The first kappa shape index (κ1) is 17.8. The van der Waals surface area contributed by atoms with E-state index in [9.17, 15) is 13.2 Å². The third kappa shape index (κ3) is 6.44. The Kier molecular flexibility index (Phi) is 7.30. The summed E-state index contributed by atoms with van der Waals surface area (Å²) in [6.45, 7) is 6.53. The maximum atomic E-state index is 12.0. The smallest absolute Gasteiger partial charge is 0.372 e. The Bertz CT molecular complexity index is 268. The summed E-state index contributed by atoms with van der Waals surface area (Å²) in [6, 6.07) is 0.435. The molecule has 2 nitrogen and oxygen atoms in total. The molecular weight excluding hydrogens is 267 g/mol. The molecule has 0 aromatic heterocycles. The fraction of sp³-hybridized carbons (Fsp3) is 1.00. The second kappa shape index (κ2) is 8.23. The minimum atomic E-state index is -4.21. The summed E-state index contributed by atoms with van der Waals surface area (Å²) in [5, 5.41) is 3.47. The van der Waals surface area contributed by atoms with Crippen LogP contribution in [0, 0.1) is 17.8 Å². The van der Waals surface area contributed by atoms with Crippen molar-refractivity contribution >= 4 is 0 Å². The van der Waals surface area contributed by atoms with Gasteiger partial charge >= 0.3 is 6.18 Å². The quantitative estimate of drug-likeness (QED) is 0.717. The molecular formula is C15H28F3NO. The van der Waals surface area contributed by atoms with Crippen LogP contribution in [0.3, 0.4) is 0 Å². The number of hydrogen-bond donors (Lipinski definition) is 1. The van der Waals surface area contributed by atoms with Crippen molar-refractivity contribution in [2.45, 2.75) is 58.7 Å². The van der Waals surface area contributed by atoms with Gasteiger partial charge in [0, 0.05) is 12.6 Å². The van der Waals surface area contributed by atoms with Gasteiger partial charge in [-0.2, -0.15) is 13.2 Å². The zero-order chi connectivity index (χ0) is 15.2. The van der Waals surface area contributed by atoms with Crippen LogP contribution in [0.2, 0.25) is 0 Å². The molecule has 0 aromatic rings. The van der Waals surface area contributed by atoms with E-state index in [4.69, 9.17) is 4.74 Å². The highest BCUT2D eigenvalue weighted by atomic mass is 19.4. The second-order valence-electron chi connectivity index (χ2n) is 6.20. The van der Waals surface area contributed by atoms with E-state index in [0.717, 1.165) is 25.8 Å². The average Bonchev–Trinajstić information content (AvgIpc) is 2.35. The van der Waals surface area contributed by atoms with Crippen molar-refractivity contribution in [3.05, 3.63) is 0 Å². The van der Waals surface area contributed by atoms with Gasteiger partial charge in [-0.25, -0.2) is 0 Å². The maximum Gasteiger partial charge on any atom is 0.411 e. The minimum Gasteiger partial charge on any atom is -0.372 e. The molecule has 1 aliphatic rings. The molecule has 0 aliphatic heterocycles. The number of nitrogens with one attached hydrogen (secondary N) is 1. The maximum absolute atomic E-state index is 12.0. The predicted octanol–water partition coefficient (Wildman–Crippen LogP) is 4.01. The molecule has 0 radical (unpaired) electrons. The van der Waals surface area contributed by atoms with Crippen LogP contribution in [0.15, 0.2) is 0 Å². The number of halogens is 3. The van der Waals surface area contributed by atoms with Gasteiger partial charge in [0.1, 0.15) is 6.61 Å². The molecule has 0 bridgehead atoms. The first-order chi connectivity index (χ1) is 9.33. The van der Waals surface area contributed by atoms with Crippen molar-refractivity contribution < 1.29 is 17.9 Å². The molecule has 120 valence electrons. The number of rotatable bonds is 7. The first-order valence-corrected chi connectivity index (χ1v) is 7.71. The van der Waals surface area contributed by atoms with Crippen molar-refractivity contribution in [2.24, 2.45) is 17.8 Å². The molecule has 0 saturated heterocycles. The van der Waals surface area contributed by atoms with Gasteiger partial charge in [-0.3, -0.25) is 0 Å². The first-order valence-electron chi connectivity index (χ1n) is 7.71. The van der Waals surface area contributed by atoms with E-state index in [1.807, 2.05) is 0 Å². The molecule has 1 N–H and O–H groups in total. The molecule has 5 heteroatoms. The van der Waals surface area contributed by atoms with Crippen molar-refractivity contribution in [1.82, 2.24) is 5.32 Å². The van der Waals surface area contributed by atoms with E-state index in [-0.39, 0.29) is 6.61 Å². The summed E-state index contributed by atoms with van der Waals surface area (Å²) < 4.78 is 40.9. The molecule has 3 atom stereocenters. The lowest BCUT2D eigenvalue weighted by molar-refractivity contribution is -0.174. The second-order valence-corrected chi connectivity index (χ2v) is 6.20.